The van der Waals surface area contributed by atoms with Crippen molar-refractivity contribution < 1.29 is 19.5 Å². The summed E-state index contributed by atoms with van der Waals surface area (Å²) < 4.78 is 0. The molecule has 4 unspecified atom stereocenters. The molecule has 0 radical (unpaired) electrons. The number of carboxylic acid groups (broad SMARTS) is 1. The minimum absolute atomic E-state index is 0.0670. The Morgan fingerprint density at radius 2 is 1.84 bits per heavy atom. The predicted octanol–water partition coefficient (Wildman–Crippen LogP) is 2.05. The normalized spacial score (nSPS) is 26.6. The van der Waals surface area contributed by atoms with E-state index in [1.807, 2.05) is 18.2 Å². The third-order valence-electron chi connectivity index (χ3n) is 5.38. The molecule has 2 N–H and O–H groups in total. The lowest BCUT2D eigenvalue weighted by Crippen LogP contribution is -2.52. The van der Waals surface area contributed by atoms with Gasteiger partial charge >= 0.3 is 5.97 Å². The first-order chi connectivity index (χ1) is 12.0. The Hall–Kier alpha value is -2.37. The molecule has 3 rings (SSSR count). The number of likely N-dealkylation sites (tertiary alicyclic amines) is 1. The molecule has 0 spiro atoms. The highest BCUT2D eigenvalue weighted by Crippen LogP contribution is 2.40. The van der Waals surface area contributed by atoms with Crippen molar-refractivity contribution in [2.45, 2.75) is 57.2 Å². The summed E-state index contributed by atoms with van der Waals surface area (Å²) in [5.41, 5.74) is 0.567. The second-order valence-corrected chi connectivity index (χ2v) is 7.01. The van der Waals surface area contributed by atoms with Crippen LogP contribution in [0, 0.1) is 5.92 Å². The number of carboxylic acids is 1. The van der Waals surface area contributed by atoms with E-state index in [1.165, 1.54) is 6.92 Å². The molecule has 1 heterocycles. The average Bonchev–Trinajstić information content (AvgIpc) is 3.01. The molecule has 6 nitrogen and oxygen atoms in total. The molecular weight excluding hydrogens is 320 g/mol. The van der Waals surface area contributed by atoms with Gasteiger partial charge in [0, 0.05) is 11.6 Å². The van der Waals surface area contributed by atoms with Crippen molar-refractivity contribution >= 4 is 17.8 Å². The Morgan fingerprint density at radius 1 is 1.16 bits per heavy atom. The Kier molecular flexibility index (Phi) is 5.06. The van der Waals surface area contributed by atoms with Crippen LogP contribution in [0.3, 0.4) is 0 Å². The van der Waals surface area contributed by atoms with E-state index in [9.17, 15) is 14.4 Å². The second-order valence-electron chi connectivity index (χ2n) is 7.01. The molecule has 1 aliphatic heterocycles. The zero-order valence-corrected chi connectivity index (χ0v) is 14.4. The van der Waals surface area contributed by atoms with Gasteiger partial charge in [-0.2, -0.15) is 0 Å². The molecule has 1 aromatic rings. The van der Waals surface area contributed by atoms with E-state index < -0.39 is 18.1 Å². The summed E-state index contributed by atoms with van der Waals surface area (Å²) in [6.45, 7) is 1.44. The summed E-state index contributed by atoms with van der Waals surface area (Å²) in [6, 6.07) is 7.49. The highest BCUT2D eigenvalue weighted by atomic mass is 16.4. The zero-order chi connectivity index (χ0) is 18.0. The molecule has 4 atom stereocenters. The van der Waals surface area contributed by atoms with Crippen LogP contribution in [0.4, 0.5) is 0 Å². The minimum atomic E-state index is -1.08. The molecule has 25 heavy (non-hydrogen) atoms. The molecule has 2 amide bonds. The fourth-order valence-corrected chi connectivity index (χ4v) is 4.09. The van der Waals surface area contributed by atoms with Crippen LogP contribution < -0.4 is 5.32 Å². The second kappa shape index (κ2) is 7.25. The van der Waals surface area contributed by atoms with Gasteiger partial charge in [-0.05, 0) is 44.2 Å². The highest BCUT2D eigenvalue weighted by molar-refractivity contribution is 5.98. The van der Waals surface area contributed by atoms with Crippen LogP contribution in [-0.4, -0.2) is 45.9 Å². The Balaban J connectivity index is 1.85. The summed E-state index contributed by atoms with van der Waals surface area (Å²) in [4.78, 5) is 38.5. The molecule has 1 saturated carbocycles. The summed E-state index contributed by atoms with van der Waals surface area (Å²) in [7, 11) is 0. The van der Waals surface area contributed by atoms with Gasteiger partial charge < -0.3 is 15.3 Å². The number of hydrogen-bond donors (Lipinski definition) is 2. The van der Waals surface area contributed by atoms with Gasteiger partial charge in [-0.1, -0.05) is 31.0 Å². The van der Waals surface area contributed by atoms with Crippen molar-refractivity contribution in [2.24, 2.45) is 5.92 Å². The number of hydrogen-bond acceptors (Lipinski definition) is 3. The average molecular weight is 344 g/mol. The van der Waals surface area contributed by atoms with Gasteiger partial charge in [-0.15, -0.1) is 0 Å². The van der Waals surface area contributed by atoms with Gasteiger partial charge in [0.25, 0.3) is 5.91 Å². The van der Waals surface area contributed by atoms with Crippen molar-refractivity contribution in [3.8, 4) is 0 Å². The van der Waals surface area contributed by atoms with Crippen LogP contribution in [0.15, 0.2) is 30.3 Å². The van der Waals surface area contributed by atoms with E-state index in [2.05, 4.69) is 5.32 Å². The lowest BCUT2D eigenvalue weighted by molar-refractivity contribution is -0.141. The molecule has 0 bridgehead atoms. The van der Waals surface area contributed by atoms with Crippen molar-refractivity contribution in [3.05, 3.63) is 35.9 Å². The number of benzene rings is 1. The topological polar surface area (TPSA) is 86.7 Å². The maximum atomic E-state index is 13.1. The Bertz CT molecular complexity index is 661. The molecule has 2 aliphatic rings. The number of rotatable bonds is 4. The van der Waals surface area contributed by atoms with E-state index in [0.29, 0.717) is 17.9 Å². The third kappa shape index (κ3) is 3.52. The molecular formula is C19H24N2O4. The van der Waals surface area contributed by atoms with E-state index in [-0.39, 0.29) is 17.9 Å². The molecule has 2 fully saturated rings. The quantitative estimate of drug-likeness (QED) is 0.875. The minimum Gasteiger partial charge on any atom is -0.480 e. The van der Waals surface area contributed by atoms with Gasteiger partial charge in [0.05, 0.1) is 0 Å². The predicted molar refractivity (Wildman–Crippen MR) is 92.0 cm³/mol. The van der Waals surface area contributed by atoms with Crippen LogP contribution in [0.25, 0.3) is 0 Å². The number of nitrogens with zero attached hydrogens (tertiary/aromatic N) is 1. The van der Waals surface area contributed by atoms with Gasteiger partial charge in [-0.3, -0.25) is 14.4 Å². The monoisotopic (exact) mass is 344 g/mol. The molecule has 134 valence electrons. The standard InChI is InChI=1S/C19H24N2O4/c1-12(19(24)25)20-17(22)16-11-14-9-5-6-10-15(14)21(16)18(23)13-7-3-2-4-8-13/h2-4,7-8,12,14-16H,5-6,9-11H2,1H3,(H,20,22)(H,24,25). The summed E-state index contributed by atoms with van der Waals surface area (Å²) in [5.74, 6) is -1.27. The fourth-order valence-electron chi connectivity index (χ4n) is 4.09. The van der Waals surface area contributed by atoms with Crippen LogP contribution >= 0.6 is 0 Å². The van der Waals surface area contributed by atoms with E-state index in [4.69, 9.17) is 5.11 Å². The number of carbonyl (C=O) groups is 3. The maximum absolute atomic E-state index is 13.1. The van der Waals surface area contributed by atoms with Crippen LogP contribution in [-0.2, 0) is 9.59 Å². The van der Waals surface area contributed by atoms with Gasteiger partial charge in [0.15, 0.2) is 0 Å². The van der Waals surface area contributed by atoms with Gasteiger partial charge in [0.1, 0.15) is 12.1 Å². The zero-order valence-electron chi connectivity index (χ0n) is 14.4. The number of nitrogens with one attached hydrogen (secondary N) is 1. The van der Waals surface area contributed by atoms with E-state index in [1.54, 1.807) is 17.0 Å². The lowest BCUT2D eigenvalue weighted by atomic mass is 9.84. The smallest absolute Gasteiger partial charge is 0.325 e. The Morgan fingerprint density at radius 3 is 2.52 bits per heavy atom. The van der Waals surface area contributed by atoms with Gasteiger partial charge in [0.2, 0.25) is 5.91 Å². The first-order valence-electron chi connectivity index (χ1n) is 8.90. The number of carbonyl (C=O) groups excluding carboxylic acids is 2. The molecule has 1 aliphatic carbocycles. The summed E-state index contributed by atoms with van der Waals surface area (Å²) >= 11 is 0. The number of aliphatic carboxylic acids is 1. The number of amides is 2. The van der Waals surface area contributed by atoms with Crippen molar-refractivity contribution in [1.82, 2.24) is 10.2 Å². The van der Waals surface area contributed by atoms with Crippen molar-refractivity contribution in [1.29, 1.82) is 0 Å². The first kappa shape index (κ1) is 17.5. The largest absolute Gasteiger partial charge is 0.480 e. The first-order valence-corrected chi connectivity index (χ1v) is 8.90. The van der Waals surface area contributed by atoms with E-state index in [0.717, 1.165) is 25.7 Å². The molecule has 1 saturated heterocycles. The summed E-state index contributed by atoms with van der Waals surface area (Å²) in [6.07, 6.45) is 4.71. The third-order valence-corrected chi connectivity index (χ3v) is 5.38. The molecule has 1 aromatic carbocycles. The fraction of sp³-hybridized carbons (Fsp3) is 0.526. The van der Waals surface area contributed by atoms with Crippen LogP contribution in [0.1, 0.15) is 49.4 Å². The van der Waals surface area contributed by atoms with Crippen molar-refractivity contribution in [2.75, 3.05) is 0 Å². The molecule has 0 aromatic heterocycles. The van der Waals surface area contributed by atoms with Crippen LogP contribution in [0.2, 0.25) is 0 Å². The van der Waals surface area contributed by atoms with E-state index >= 15 is 0 Å². The van der Waals surface area contributed by atoms with Crippen LogP contribution in [0.5, 0.6) is 0 Å². The maximum Gasteiger partial charge on any atom is 0.325 e. The number of fused-ring (bicyclic) bond motifs is 1. The lowest BCUT2D eigenvalue weighted by Gasteiger charge is -2.33. The Labute approximate surface area is 147 Å². The highest BCUT2D eigenvalue weighted by Gasteiger charge is 2.47. The molecule has 6 heteroatoms. The van der Waals surface area contributed by atoms with Crippen molar-refractivity contribution in [3.63, 3.8) is 0 Å². The van der Waals surface area contributed by atoms with Gasteiger partial charge in [-0.25, -0.2) is 0 Å². The summed E-state index contributed by atoms with van der Waals surface area (Å²) in [5, 5.41) is 11.6. The SMILES string of the molecule is CC(NC(=O)C1CC2CCCCC2N1C(=O)c1ccccc1)C(=O)O.